The minimum absolute atomic E-state index is 0.129. The lowest BCUT2D eigenvalue weighted by molar-refractivity contribution is -0.125. The van der Waals surface area contributed by atoms with Gasteiger partial charge in [-0.1, -0.05) is 0 Å². The molecule has 7 nitrogen and oxygen atoms in total. The first kappa shape index (κ1) is 18.0. The number of nitrogens with zero attached hydrogens (tertiary/aromatic N) is 1. The summed E-state index contributed by atoms with van der Waals surface area (Å²) in [5.41, 5.74) is -0.631. The lowest BCUT2D eigenvalue weighted by Crippen LogP contribution is -2.48. The van der Waals surface area contributed by atoms with Crippen LogP contribution in [0.1, 0.15) is 40.0 Å². The fraction of sp³-hybridized carbons (Fsp3) is 0.875. The minimum atomic E-state index is -0.693. The van der Waals surface area contributed by atoms with Gasteiger partial charge in [0.2, 0.25) is 5.91 Å². The molecule has 0 aliphatic carbocycles. The smallest absolute Gasteiger partial charge is 0.411 e. The second kappa shape index (κ2) is 7.49. The number of amides is 2. The SMILES string of the molecule is CC(C)(C)OC(=O)N1C[C@H](O)C[C@H]1C(=O)NCC1CCOCC1. The third-order valence-corrected chi connectivity index (χ3v) is 4.12. The molecule has 2 rings (SSSR count). The molecule has 7 heteroatoms. The number of hydrogen-bond acceptors (Lipinski definition) is 5. The van der Waals surface area contributed by atoms with Gasteiger partial charge in [-0.25, -0.2) is 4.79 Å². The lowest BCUT2D eigenvalue weighted by atomic mass is 10.0. The summed E-state index contributed by atoms with van der Waals surface area (Å²) in [7, 11) is 0. The van der Waals surface area contributed by atoms with Gasteiger partial charge in [0, 0.05) is 26.2 Å². The van der Waals surface area contributed by atoms with Gasteiger partial charge in [0.05, 0.1) is 12.6 Å². The zero-order chi connectivity index (χ0) is 17.0. The van der Waals surface area contributed by atoms with E-state index in [9.17, 15) is 14.7 Å². The molecule has 2 atom stereocenters. The molecule has 0 unspecified atom stereocenters. The molecule has 0 spiro atoms. The van der Waals surface area contributed by atoms with E-state index in [0.29, 0.717) is 12.5 Å². The molecule has 0 saturated carbocycles. The van der Waals surface area contributed by atoms with Gasteiger partial charge in [0.25, 0.3) is 0 Å². The molecular formula is C16H28N2O5. The van der Waals surface area contributed by atoms with E-state index in [0.717, 1.165) is 26.1 Å². The molecule has 2 aliphatic heterocycles. The van der Waals surface area contributed by atoms with E-state index in [1.165, 1.54) is 4.90 Å². The molecule has 0 aromatic heterocycles. The van der Waals surface area contributed by atoms with Crippen LogP contribution in [0.2, 0.25) is 0 Å². The highest BCUT2D eigenvalue weighted by Crippen LogP contribution is 2.22. The number of likely N-dealkylation sites (tertiary alicyclic amines) is 1. The van der Waals surface area contributed by atoms with Gasteiger partial charge in [-0.2, -0.15) is 0 Å². The first-order chi connectivity index (χ1) is 10.8. The number of aliphatic hydroxyl groups excluding tert-OH is 1. The number of carbonyl (C=O) groups is 2. The standard InChI is InChI=1S/C16H28N2O5/c1-16(2,3)23-15(21)18-10-12(19)8-13(18)14(20)17-9-11-4-6-22-7-5-11/h11-13,19H,4-10H2,1-3H3,(H,17,20)/t12-,13+/m1/s1. The second-order valence-electron chi connectivity index (χ2n) is 7.34. The summed E-state index contributed by atoms with van der Waals surface area (Å²) in [4.78, 5) is 26.0. The highest BCUT2D eigenvalue weighted by molar-refractivity contribution is 5.86. The Balaban J connectivity index is 1.89. The van der Waals surface area contributed by atoms with Gasteiger partial charge in [-0.3, -0.25) is 9.69 Å². The molecular weight excluding hydrogens is 300 g/mol. The van der Waals surface area contributed by atoms with Crippen molar-refractivity contribution in [2.24, 2.45) is 5.92 Å². The highest BCUT2D eigenvalue weighted by Gasteiger charge is 2.40. The van der Waals surface area contributed by atoms with Crippen LogP contribution in [-0.2, 0) is 14.3 Å². The largest absolute Gasteiger partial charge is 0.444 e. The molecule has 0 radical (unpaired) electrons. The third kappa shape index (κ3) is 5.35. The molecule has 0 aromatic carbocycles. The number of carbonyl (C=O) groups excluding carboxylic acids is 2. The molecule has 2 aliphatic rings. The van der Waals surface area contributed by atoms with Crippen LogP contribution in [0.3, 0.4) is 0 Å². The van der Waals surface area contributed by atoms with Crippen LogP contribution in [0.4, 0.5) is 4.79 Å². The molecule has 2 amide bonds. The first-order valence-electron chi connectivity index (χ1n) is 8.29. The predicted octanol–water partition coefficient (Wildman–Crippen LogP) is 0.899. The second-order valence-corrected chi connectivity index (χ2v) is 7.34. The molecule has 23 heavy (non-hydrogen) atoms. The monoisotopic (exact) mass is 328 g/mol. The number of aliphatic hydroxyl groups is 1. The van der Waals surface area contributed by atoms with Crippen LogP contribution < -0.4 is 5.32 Å². The Labute approximate surface area is 137 Å². The number of nitrogens with one attached hydrogen (secondary N) is 1. The molecule has 2 saturated heterocycles. The molecule has 2 fully saturated rings. The van der Waals surface area contributed by atoms with Crippen LogP contribution in [-0.4, -0.2) is 66.1 Å². The van der Waals surface area contributed by atoms with Crippen LogP contribution in [0, 0.1) is 5.92 Å². The van der Waals surface area contributed by atoms with Crippen molar-refractivity contribution in [3.8, 4) is 0 Å². The van der Waals surface area contributed by atoms with E-state index in [1.807, 2.05) is 0 Å². The quantitative estimate of drug-likeness (QED) is 0.804. The number of rotatable bonds is 3. The summed E-state index contributed by atoms with van der Waals surface area (Å²) in [6.45, 7) is 7.49. The van der Waals surface area contributed by atoms with Crippen molar-refractivity contribution in [1.82, 2.24) is 10.2 Å². The molecule has 2 N–H and O–H groups in total. The Bertz CT molecular complexity index is 429. The molecule has 132 valence electrons. The van der Waals surface area contributed by atoms with Crippen molar-refractivity contribution in [2.75, 3.05) is 26.3 Å². The Morgan fingerprint density at radius 3 is 2.57 bits per heavy atom. The molecule has 0 bridgehead atoms. The van der Waals surface area contributed by atoms with Crippen molar-refractivity contribution in [1.29, 1.82) is 0 Å². The van der Waals surface area contributed by atoms with Crippen molar-refractivity contribution >= 4 is 12.0 Å². The summed E-state index contributed by atoms with van der Waals surface area (Å²) in [5.74, 6) is 0.188. The summed E-state index contributed by atoms with van der Waals surface area (Å²) < 4.78 is 10.6. The van der Waals surface area contributed by atoms with E-state index in [4.69, 9.17) is 9.47 Å². The van der Waals surface area contributed by atoms with Gasteiger partial charge >= 0.3 is 6.09 Å². The third-order valence-electron chi connectivity index (χ3n) is 4.12. The van der Waals surface area contributed by atoms with Crippen molar-refractivity contribution in [3.05, 3.63) is 0 Å². The van der Waals surface area contributed by atoms with E-state index in [2.05, 4.69) is 5.32 Å². The van der Waals surface area contributed by atoms with E-state index in [1.54, 1.807) is 20.8 Å². The number of β-amino-alcohol motifs (C(OH)–C–C–N with tert-alkyl or cyclic N) is 1. The Morgan fingerprint density at radius 1 is 1.30 bits per heavy atom. The maximum atomic E-state index is 12.4. The Kier molecular flexibility index (Phi) is 5.86. The van der Waals surface area contributed by atoms with Crippen LogP contribution in [0.15, 0.2) is 0 Å². The van der Waals surface area contributed by atoms with Crippen LogP contribution in [0.5, 0.6) is 0 Å². The highest BCUT2D eigenvalue weighted by atomic mass is 16.6. The van der Waals surface area contributed by atoms with Gasteiger partial charge in [-0.15, -0.1) is 0 Å². The normalized spacial score (nSPS) is 26.2. The van der Waals surface area contributed by atoms with Gasteiger partial charge in [0.1, 0.15) is 11.6 Å². The Hall–Kier alpha value is -1.34. The first-order valence-corrected chi connectivity index (χ1v) is 8.29. The average molecular weight is 328 g/mol. The van der Waals surface area contributed by atoms with E-state index < -0.39 is 23.8 Å². The lowest BCUT2D eigenvalue weighted by Gasteiger charge is -2.28. The molecule has 2 heterocycles. The van der Waals surface area contributed by atoms with Gasteiger partial charge in [0.15, 0.2) is 0 Å². The fourth-order valence-corrected chi connectivity index (χ4v) is 2.90. The zero-order valence-electron chi connectivity index (χ0n) is 14.2. The van der Waals surface area contributed by atoms with E-state index >= 15 is 0 Å². The summed E-state index contributed by atoms with van der Waals surface area (Å²) in [6.07, 6.45) is 0.868. The van der Waals surface area contributed by atoms with Crippen molar-refractivity contribution in [2.45, 2.75) is 57.8 Å². The maximum Gasteiger partial charge on any atom is 0.411 e. The van der Waals surface area contributed by atoms with Gasteiger partial charge < -0.3 is 19.9 Å². The summed E-state index contributed by atoms with van der Waals surface area (Å²) in [5, 5.41) is 12.7. The van der Waals surface area contributed by atoms with Crippen molar-refractivity contribution in [3.63, 3.8) is 0 Å². The Morgan fingerprint density at radius 2 is 1.96 bits per heavy atom. The van der Waals surface area contributed by atoms with Crippen molar-refractivity contribution < 1.29 is 24.2 Å². The van der Waals surface area contributed by atoms with E-state index in [-0.39, 0.29) is 18.9 Å². The molecule has 0 aromatic rings. The average Bonchev–Trinajstić information content (AvgIpc) is 2.86. The van der Waals surface area contributed by atoms with Gasteiger partial charge in [-0.05, 0) is 39.5 Å². The van der Waals surface area contributed by atoms with Crippen LogP contribution in [0.25, 0.3) is 0 Å². The topological polar surface area (TPSA) is 88.1 Å². The zero-order valence-corrected chi connectivity index (χ0v) is 14.2. The number of ether oxygens (including phenoxy) is 2. The summed E-state index contributed by atoms with van der Waals surface area (Å²) in [6, 6.07) is -0.667. The number of hydrogen-bond donors (Lipinski definition) is 2. The fourth-order valence-electron chi connectivity index (χ4n) is 2.90. The maximum absolute atomic E-state index is 12.4. The van der Waals surface area contributed by atoms with Crippen LogP contribution >= 0.6 is 0 Å². The minimum Gasteiger partial charge on any atom is -0.444 e. The predicted molar refractivity (Wildman–Crippen MR) is 83.9 cm³/mol. The summed E-state index contributed by atoms with van der Waals surface area (Å²) >= 11 is 0.